The SMILES string of the molecule is CCc1ccc(C(CN)N(C)Cc2csc(C)n2)s1. The largest absolute Gasteiger partial charge is 0.329 e. The summed E-state index contributed by atoms with van der Waals surface area (Å²) in [4.78, 5) is 9.59. The smallest absolute Gasteiger partial charge is 0.0897 e. The molecule has 19 heavy (non-hydrogen) atoms. The Bertz CT molecular complexity index is 518. The van der Waals surface area contributed by atoms with E-state index in [-0.39, 0.29) is 6.04 Å². The van der Waals surface area contributed by atoms with Crippen LogP contribution in [0.3, 0.4) is 0 Å². The van der Waals surface area contributed by atoms with Crippen LogP contribution >= 0.6 is 22.7 Å². The van der Waals surface area contributed by atoms with E-state index in [9.17, 15) is 0 Å². The van der Waals surface area contributed by atoms with Crippen molar-refractivity contribution in [2.75, 3.05) is 13.6 Å². The van der Waals surface area contributed by atoms with Gasteiger partial charge in [-0.15, -0.1) is 22.7 Å². The van der Waals surface area contributed by atoms with Gasteiger partial charge < -0.3 is 5.73 Å². The minimum Gasteiger partial charge on any atom is -0.329 e. The van der Waals surface area contributed by atoms with Gasteiger partial charge in [0.2, 0.25) is 0 Å². The predicted octanol–water partition coefficient (Wildman–Crippen LogP) is 3.21. The van der Waals surface area contributed by atoms with Crippen molar-refractivity contribution in [3.63, 3.8) is 0 Å². The van der Waals surface area contributed by atoms with Crippen molar-refractivity contribution in [2.24, 2.45) is 5.73 Å². The van der Waals surface area contributed by atoms with Gasteiger partial charge in [0, 0.05) is 28.2 Å². The molecule has 0 aliphatic rings. The fourth-order valence-electron chi connectivity index (χ4n) is 2.12. The molecular weight excluding hydrogens is 274 g/mol. The molecule has 2 N–H and O–H groups in total. The zero-order chi connectivity index (χ0) is 13.8. The van der Waals surface area contributed by atoms with Crippen LogP contribution in [0.4, 0.5) is 0 Å². The molecule has 3 nitrogen and oxygen atoms in total. The van der Waals surface area contributed by atoms with E-state index >= 15 is 0 Å². The average Bonchev–Trinajstić information content (AvgIpc) is 3.00. The predicted molar refractivity (Wildman–Crippen MR) is 83.8 cm³/mol. The Morgan fingerprint density at radius 1 is 1.42 bits per heavy atom. The fourth-order valence-corrected chi connectivity index (χ4v) is 3.86. The summed E-state index contributed by atoms with van der Waals surface area (Å²) in [6.45, 7) is 5.73. The molecule has 104 valence electrons. The van der Waals surface area contributed by atoms with Crippen LogP contribution in [0.2, 0.25) is 0 Å². The molecule has 0 fully saturated rings. The van der Waals surface area contributed by atoms with Crippen molar-refractivity contribution in [3.8, 4) is 0 Å². The zero-order valence-electron chi connectivity index (χ0n) is 11.7. The molecule has 0 amide bonds. The van der Waals surface area contributed by atoms with Gasteiger partial charge in [-0.25, -0.2) is 4.98 Å². The second-order valence-corrected chi connectivity index (χ2v) is 6.94. The minimum atomic E-state index is 0.285. The van der Waals surface area contributed by atoms with Crippen LogP contribution < -0.4 is 5.73 Å². The van der Waals surface area contributed by atoms with Crippen molar-refractivity contribution in [2.45, 2.75) is 32.9 Å². The first-order valence-electron chi connectivity index (χ1n) is 6.54. The molecule has 0 bridgehead atoms. The Morgan fingerprint density at radius 3 is 2.74 bits per heavy atom. The number of likely N-dealkylation sites (N-methyl/N-ethyl adjacent to an activating group) is 1. The van der Waals surface area contributed by atoms with Crippen molar-refractivity contribution in [1.82, 2.24) is 9.88 Å². The second kappa shape index (κ2) is 6.61. The first-order valence-corrected chi connectivity index (χ1v) is 8.23. The van der Waals surface area contributed by atoms with Crippen LogP contribution in [0.5, 0.6) is 0 Å². The lowest BCUT2D eigenvalue weighted by Crippen LogP contribution is -2.29. The molecule has 0 spiro atoms. The normalized spacial score (nSPS) is 13.1. The molecule has 1 unspecified atom stereocenters. The maximum atomic E-state index is 5.96. The molecule has 0 saturated carbocycles. The maximum Gasteiger partial charge on any atom is 0.0897 e. The molecule has 0 saturated heterocycles. The van der Waals surface area contributed by atoms with Gasteiger partial charge in [0.05, 0.1) is 16.7 Å². The standard InChI is InChI=1S/C14H21N3S2/c1-4-12-5-6-14(19-12)13(7-15)17(3)8-11-9-18-10(2)16-11/h5-6,9,13H,4,7-8,15H2,1-3H3. The lowest BCUT2D eigenvalue weighted by Gasteiger charge is -2.25. The van der Waals surface area contributed by atoms with E-state index in [0.29, 0.717) is 6.54 Å². The van der Waals surface area contributed by atoms with Gasteiger partial charge >= 0.3 is 0 Å². The fraction of sp³-hybridized carbons (Fsp3) is 0.500. The molecule has 5 heteroatoms. The second-order valence-electron chi connectivity index (χ2n) is 4.68. The topological polar surface area (TPSA) is 42.1 Å². The molecule has 2 rings (SSSR count). The molecule has 0 radical (unpaired) electrons. The summed E-state index contributed by atoms with van der Waals surface area (Å²) in [5.41, 5.74) is 7.10. The average molecular weight is 295 g/mol. The Balaban J connectivity index is 2.08. The Morgan fingerprint density at radius 2 is 2.21 bits per heavy atom. The summed E-state index contributed by atoms with van der Waals surface area (Å²) in [5, 5.41) is 3.25. The molecule has 1 atom stereocenters. The summed E-state index contributed by atoms with van der Waals surface area (Å²) < 4.78 is 0. The number of hydrogen-bond acceptors (Lipinski definition) is 5. The van der Waals surface area contributed by atoms with Gasteiger partial charge in [-0.05, 0) is 32.5 Å². The quantitative estimate of drug-likeness (QED) is 0.890. The van der Waals surface area contributed by atoms with Gasteiger partial charge in [-0.1, -0.05) is 6.92 Å². The van der Waals surface area contributed by atoms with Gasteiger partial charge in [0.25, 0.3) is 0 Å². The summed E-state index contributed by atoms with van der Waals surface area (Å²) in [6, 6.07) is 4.71. The van der Waals surface area contributed by atoms with Crippen LogP contribution in [-0.4, -0.2) is 23.5 Å². The molecular formula is C14H21N3S2. The first-order chi connectivity index (χ1) is 9.13. The highest BCUT2D eigenvalue weighted by molar-refractivity contribution is 7.12. The minimum absolute atomic E-state index is 0.285. The van der Waals surface area contributed by atoms with Crippen LogP contribution in [0.15, 0.2) is 17.5 Å². The van der Waals surface area contributed by atoms with E-state index in [2.05, 4.69) is 41.4 Å². The number of thiophene rings is 1. The summed E-state index contributed by atoms with van der Waals surface area (Å²) in [5.74, 6) is 0. The lowest BCUT2D eigenvalue weighted by molar-refractivity contribution is 0.243. The van der Waals surface area contributed by atoms with Gasteiger partial charge in [-0.3, -0.25) is 4.90 Å². The van der Waals surface area contributed by atoms with Gasteiger partial charge in [0.15, 0.2) is 0 Å². The monoisotopic (exact) mass is 295 g/mol. The Kier molecular flexibility index (Phi) is 5.10. The lowest BCUT2D eigenvalue weighted by atomic mass is 10.2. The van der Waals surface area contributed by atoms with Crippen molar-refractivity contribution >= 4 is 22.7 Å². The number of rotatable bonds is 6. The Hall–Kier alpha value is -0.750. The van der Waals surface area contributed by atoms with E-state index in [1.165, 1.54) is 9.75 Å². The van der Waals surface area contributed by atoms with Crippen molar-refractivity contribution in [3.05, 3.63) is 38.0 Å². The highest BCUT2D eigenvalue weighted by Gasteiger charge is 2.18. The molecule has 2 heterocycles. The van der Waals surface area contributed by atoms with Crippen molar-refractivity contribution < 1.29 is 0 Å². The van der Waals surface area contributed by atoms with Crippen LogP contribution in [0.1, 0.15) is 33.4 Å². The van der Waals surface area contributed by atoms with Crippen LogP contribution in [0.25, 0.3) is 0 Å². The highest BCUT2D eigenvalue weighted by Crippen LogP contribution is 2.27. The Labute approximate surface area is 123 Å². The molecule has 0 aromatic carbocycles. The zero-order valence-corrected chi connectivity index (χ0v) is 13.4. The van der Waals surface area contributed by atoms with E-state index in [1.807, 2.05) is 18.3 Å². The molecule has 2 aromatic heterocycles. The molecule has 0 aliphatic carbocycles. The summed E-state index contributed by atoms with van der Waals surface area (Å²) in [6.07, 6.45) is 1.09. The number of nitrogens with zero attached hydrogens (tertiary/aromatic N) is 2. The number of hydrogen-bond donors (Lipinski definition) is 1. The van der Waals surface area contributed by atoms with E-state index < -0.39 is 0 Å². The van der Waals surface area contributed by atoms with Crippen molar-refractivity contribution in [1.29, 1.82) is 0 Å². The third-order valence-electron chi connectivity index (χ3n) is 3.19. The van der Waals surface area contributed by atoms with E-state index in [4.69, 9.17) is 5.73 Å². The number of nitrogens with two attached hydrogens (primary N) is 1. The maximum absolute atomic E-state index is 5.96. The summed E-state index contributed by atoms with van der Waals surface area (Å²) >= 11 is 3.57. The van der Waals surface area contributed by atoms with E-state index in [1.54, 1.807) is 11.3 Å². The summed E-state index contributed by atoms with van der Waals surface area (Å²) in [7, 11) is 2.12. The van der Waals surface area contributed by atoms with E-state index in [0.717, 1.165) is 23.7 Å². The van der Waals surface area contributed by atoms with Crippen LogP contribution in [-0.2, 0) is 13.0 Å². The first kappa shape index (κ1) is 14.7. The van der Waals surface area contributed by atoms with Gasteiger partial charge in [0.1, 0.15) is 0 Å². The molecule has 0 aliphatic heterocycles. The molecule has 2 aromatic rings. The number of aromatic nitrogens is 1. The number of aryl methyl sites for hydroxylation is 2. The van der Waals surface area contributed by atoms with Gasteiger partial charge in [-0.2, -0.15) is 0 Å². The highest BCUT2D eigenvalue weighted by atomic mass is 32.1. The third-order valence-corrected chi connectivity index (χ3v) is 5.35. The number of thiazole rings is 1. The van der Waals surface area contributed by atoms with Crippen LogP contribution in [0, 0.1) is 6.92 Å². The third kappa shape index (κ3) is 3.63.